The highest BCUT2D eigenvalue weighted by atomic mass is 16.5. The SMILES string of the molecule is CCCCOCCCNC(=NC)NCCN(C)CC. The van der Waals surface area contributed by atoms with Crippen molar-refractivity contribution in [3.8, 4) is 0 Å². The molecule has 0 heterocycles. The summed E-state index contributed by atoms with van der Waals surface area (Å²) in [7, 11) is 3.92. The Bertz CT molecular complexity index is 221. The van der Waals surface area contributed by atoms with Crippen LogP contribution in [0.4, 0.5) is 0 Å². The van der Waals surface area contributed by atoms with Crippen molar-refractivity contribution >= 4 is 5.96 Å². The van der Waals surface area contributed by atoms with Crippen LogP contribution in [0.3, 0.4) is 0 Å². The number of hydrogen-bond donors (Lipinski definition) is 2. The van der Waals surface area contributed by atoms with Crippen LogP contribution in [0.2, 0.25) is 0 Å². The molecule has 0 amide bonds. The lowest BCUT2D eigenvalue weighted by atomic mass is 10.4. The zero-order chi connectivity index (χ0) is 14.3. The second-order valence-electron chi connectivity index (χ2n) is 4.64. The summed E-state index contributed by atoms with van der Waals surface area (Å²) >= 11 is 0. The van der Waals surface area contributed by atoms with E-state index in [2.05, 4.69) is 41.4 Å². The molecule has 2 N–H and O–H groups in total. The molecule has 5 nitrogen and oxygen atoms in total. The zero-order valence-corrected chi connectivity index (χ0v) is 13.2. The molecule has 0 radical (unpaired) electrons. The van der Waals surface area contributed by atoms with Crippen LogP contribution in [0.15, 0.2) is 4.99 Å². The summed E-state index contributed by atoms with van der Waals surface area (Å²) in [6.45, 7) is 9.95. The molecule has 0 aliphatic heterocycles. The maximum absolute atomic E-state index is 5.51. The summed E-state index contributed by atoms with van der Waals surface area (Å²) in [5, 5.41) is 6.59. The van der Waals surface area contributed by atoms with Gasteiger partial charge in [-0.25, -0.2) is 0 Å². The summed E-state index contributed by atoms with van der Waals surface area (Å²) in [4.78, 5) is 6.46. The average Bonchev–Trinajstić information content (AvgIpc) is 2.44. The first kappa shape index (κ1) is 18.2. The largest absolute Gasteiger partial charge is 0.381 e. The molecule has 0 unspecified atom stereocenters. The molecule has 19 heavy (non-hydrogen) atoms. The topological polar surface area (TPSA) is 48.9 Å². The van der Waals surface area contributed by atoms with Crippen molar-refractivity contribution in [3.63, 3.8) is 0 Å². The minimum atomic E-state index is 0.822. The lowest BCUT2D eigenvalue weighted by molar-refractivity contribution is 0.129. The second kappa shape index (κ2) is 13.6. The standard InChI is InChI=1S/C14H32N4O/c1-5-7-12-19-13-8-9-16-14(15-3)17-10-11-18(4)6-2/h5-13H2,1-4H3,(H2,15,16,17). The third-order valence-electron chi connectivity index (χ3n) is 2.95. The van der Waals surface area contributed by atoms with Crippen molar-refractivity contribution in [2.24, 2.45) is 4.99 Å². The molecule has 0 rings (SSSR count). The van der Waals surface area contributed by atoms with Gasteiger partial charge in [0, 0.05) is 39.9 Å². The van der Waals surface area contributed by atoms with Gasteiger partial charge in [-0.2, -0.15) is 0 Å². The molecule has 0 aromatic carbocycles. The molecule has 0 aromatic heterocycles. The molecule has 114 valence electrons. The van der Waals surface area contributed by atoms with Crippen LogP contribution in [0.1, 0.15) is 33.1 Å². The van der Waals surface area contributed by atoms with E-state index in [0.29, 0.717) is 0 Å². The van der Waals surface area contributed by atoms with E-state index in [4.69, 9.17) is 4.74 Å². The first-order chi connectivity index (χ1) is 9.24. The lowest BCUT2D eigenvalue weighted by Crippen LogP contribution is -2.41. The molecule has 0 aliphatic rings. The van der Waals surface area contributed by atoms with E-state index in [1.165, 1.54) is 6.42 Å². The minimum Gasteiger partial charge on any atom is -0.381 e. The number of likely N-dealkylation sites (N-methyl/N-ethyl adjacent to an activating group) is 1. The smallest absolute Gasteiger partial charge is 0.191 e. The number of aliphatic imine (C=N–C) groups is 1. The molecule has 0 spiro atoms. The predicted octanol–water partition coefficient (Wildman–Crippen LogP) is 1.31. The summed E-state index contributed by atoms with van der Waals surface area (Å²) in [6.07, 6.45) is 3.36. The molecule has 5 heteroatoms. The molecule has 0 atom stereocenters. The Balaban J connectivity index is 3.45. The van der Waals surface area contributed by atoms with E-state index in [1.54, 1.807) is 7.05 Å². The molecule has 0 saturated heterocycles. The molecular weight excluding hydrogens is 240 g/mol. The van der Waals surface area contributed by atoms with Gasteiger partial charge in [-0.3, -0.25) is 4.99 Å². The normalized spacial score (nSPS) is 11.9. The second-order valence-corrected chi connectivity index (χ2v) is 4.64. The molecule has 0 saturated carbocycles. The van der Waals surface area contributed by atoms with Crippen molar-refractivity contribution in [1.29, 1.82) is 0 Å². The molecule has 0 fully saturated rings. The van der Waals surface area contributed by atoms with Gasteiger partial charge >= 0.3 is 0 Å². The van der Waals surface area contributed by atoms with Crippen LogP contribution in [-0.4, -0.2) is 64.3 Å². The number of nitrogens with zero attached hydrogens (tertiary/aromatic N) is 2. The van der Waals surface area contributed by atoms with Crippen molar-refractivity contribution in [2.45, 2.75) is 33.1 Å². The monoisotopic (exact) mass is 272 g/mol. The third-order valence-corrected chi connectivity index (χ3v) is 2.95. The summed E-state index contributed by atoms with van der Waals surface area (Å²) in [6, 6.07) is 0. The first-order valence-corrected chi connectivity index (χ1v) is 7.45. The van der Waals surface area contributed by atoms with E-state index in [9.17, 15) is 0 Å². The fraction of sp³-hybridized carbons (Fsp3) is 0.929. The Morgan fingerprint density at radius 3 is 2.42 bits per heavy atom. The van der Waals surface area contributed by atoms with Crippen LogP contribution >= 0.6 is 0 Å². The van der Waals surface area contributed by atoms with E-state index in [1.807, 2.05) is 0 Å². The predicted molar refractivity (Wildman–Crippen MR) is 82.9 cm³/mol. The van der Waals surface area contributed by atoms with E-state index >= 15 is 0 Å². The van der Waals surface area contributed by atoms with Crippen molar-refractivity contribution in [2.75, 3.05) is 53.5 Å². The Labute approximate surface area is 118 Å². The highest BCUT2D eigenvalue weighted by Crippen LogP contribution is 1.89. The number of unbranched alkanes of at least 4 members (excludes halogenated alkanes) is 1. The van der Waals surface area contributed by atoms with Crippen LogP contribution in [0.25, 0.3) is 0 Å². The highest BCUT2D eigenvalue weighted by Gasteiger charge is 1.98. The molecule has 0 aromatic rings. The van der Waals surface area contributed by atoms with E-state index < -0.39 is 0 Å². The summed E-state index contributed by atoms with van der Waals surface area (Å²) in [5.74, 6) is 0.873. The Morgan fingerprint density at radius 1 is 1.11 bits per heavy atom. The Hall–Kier alpha value is -0.810. The van der Waals surface area contributed by atoms with Gasteiger partial charge < -0.3 is 20.3 Å². The van der Waals surface area contributed by atoms with Crippen molar-refractivity contribution in [1.82, 2.24) is 15.5 Å². The third kappa shape index (κ3) is 12.0. The first-order valence-electron chi connectivity index (χ1n) is 7.45. The average molecular weight is 272 g/mol. The maximum Gasteiger partial charge on any atom is 0.191 e. The van der Waals surface area contributed by atoms with E-state index in [-0.39, 0.29) is 0 Å². The van der Waals surface area contributed by atoms with Gasteiger partial charge in [-0.1, -0.05) is 20.3 Å². The van der Waals surface area contributed by atoms with Gasteiger partial charge in [0.1, 0.15) is 0 Å². The van der Waals surface area contributed by atoms with Crippen LogP contribution < -0.4 is 10.6 Å². The number of hydrogen-bond acceptors (Lipinski definition) is 3. The highest BCUT2D eigenvalue weighted by molar-refractivity contribution is 5.79. The van der Waals surface area contributed by atoms with E-state index in [0.717, 1.165) is 58.2 Å². The van der Waals surface area contributed by atoms with Gasteiger partial charge in [-0.05, 0) is 26.4 Å². The molecule has 0 bridgehead atoms. The Kier molecular flexibility index (Phi) is 13.0. The number of guanidine groups is 1. The lowest BCUT2D eigenvalue weighted by Gasteiger charge is -2.16. The zero-order valence-electron chi connectivity index (χ0n) is 13.2. The van der Waals surface area contributed by atoms with Crippen LogP contribution in [0.5, 0.6) is 0 Å². The fourth-order valence-electron chi connectivity index (χ4n) is 1.47. The number of nitrogens with one attached hydrogen (secondary N) is 2. The quantitative estimate of drug-likeness (QED) is 0.338. The maximum atomic E-state index is 5.51. The van der Waals surface area contributed by atoms with Gasteiger partial charge in [0.25, 0.3) is 0 Å². The fourth-order valence-corrected chi connectivity index (χ4v) is 1.47. The number of ether oxygens (including phenoxy) is 1. The van der Waals surface area contributed by atoms with Gasteiger partial charge in [0.15, 0.2) is 5.96 Å². The van der Waals surface area contributed by atoms with Crippen molar-refractivity contribution < 1.29 is 4.74 Å². The molecule has 0 aliphatic carbocycles. The van der Waals surface area contributed by atoms with Gasteiger partial charge in [-0.15, -0.1) is 0 Å². The van der Waals surface area contributed by atoms with Crippen LogP contribution in [-0.2, 0) is 4.74 Å². The summed E-state index contributed by atoms with van der Waals surface area (Å²) in [5.41, 5.74) is 0. The van der Waals surface area contributed by atoms with Gasteiger partial charge in [0.05, 0.1) is 0 Å². The summed E-state index contributed by atoms with van der Waals surface area (Å²) < 4.78 is 5.51. The number of rotatable bonds is 11. The Morgan fingerprint density at radius 2 is 1.79 bits per heavy atom. The van der Waals surface area contributed by atoms with Gasteiger partial charge in [0.2, 0.25) is 0 Å². The minimum absolute atomic E-state index is 0.822. The van der Waals surface area contributed by atoms with Crippen molar-refractivity contribution in [3.05, 3.63) is 0 Å². The van der Waals surface area contributed by atoms with Crippen LogP contribution in [0, 0.1) is 0 Å². The molecular formula is C14H32N4O.